The van der Waals surface area contributed by atoms with Crippen LogP contribution in [-0.4, -0.2) is 35.8 Å². The molecule has 1 aromatic carbocycles. The van der Waals surface area contributed by atoms with Crippen LogP contribution >= 0.6 is 0 Å². The van der Waals surface area contributed by atoms with Gasteiger partial charge in [0, 0.05) is 25.6 Å². The quantitative estimate of drug-likeness (QED) is 0.910. The van der Waals surface area contributed by atoms with Gasteiger partial charge < -0.3 is 14.7 Å². The molecule has 104 valence electrons. The number of aliphatic hydroxyl groups is 1. The van der Waals surface area contributed by atoms with Crippen LogP contribution in [0, 0.1) is 11.8 Å². The molecule has 1 saturated heterocycles. The number of piperidine rings is 1. The average molecular weight is 263 g/mol. The van der Waals surface area contributed by atoms with Gasteiger partial charge in [-0.1, -0.05) is 37.3 Å². The van der Waals surface area contributed by atoms with Gasteiger partial charge in [0.1, 0.15) is 6.61 Å². The van der Waals surface area contributed by atoms with E-state index in [0.717, 1.165) is 12.0 Å². The maximum absolute atomic E-state index is 12.0. The molecule has 1 amide bonds. The van der Waals surface area contributed by atoms with Gasteiger partial charge >= 0.3 is 6.09 Å². The number of likely N-dealkylation sites (tertiary alicyclic amines) is 1. The molecule has 1 N–H and O–H groups in total. The fourth-order valence-corrected chi connectivity index (χ4v) is 2.36. The van der Waals surface area contributed by atoms with Crippen LogP contribution in [0.5, 0.6) is 0 Å². The smallest absolute Gasteiger partial charge is 0.410 e. The molecule has 19 heavy (non-hydrogen) atoms. The van der Waals surface area contributed by atoms with Crippen molar-refractivity contribution < 1.29 is 14.6 Å². The standard InChI is InChI=1S/C15H21NO3/c1-12-7-8-16(9-14(12)10-17)15(18)19-11-13-5-3-2-4-6-13/h2-6,12,14,17H,7-11H2,1H3/t12-,14+/m0/s1. The molecule has 4 nitrogen and oxygen atoms in total. The van der Waals surface area contributed by atoms with Crippen LogP contribution in [0.25, 0.3) is 0 Å². The summed E-state index contributed by atoms with van der Waals surface area (Å²) in [5, 5.41) is 9.29. The van der Waals surface area contributed by atoms with Crippen molar-refractivity contribution in [1.82, 2.24) is 4.90 Å². The highest BCUT2D eigenvalue weighted by Gasteiger charge is 2.29. The average Bonchev–Trinajstić information content (AvgIpc) is 2.46. The molecule has 1 aliphatic heterocycles. The van der Waals surface area contributed by atoms with E-state index >= 15 is 0 Å². The first-order chi connectivity index (χ1) is 9.20. The minimum atomic E-state index is -0.283. The van der Waals surface area contributed by atoms with Crippen molar-refractivity contribution in [3.63, 3.8) is 0 Å². The molecule has 1 aliphatic rings. The topological polar surface area (TPSA) is 49.8 Å². The van der Waals surface area contributed by atoms with E-state index in [1.807, 2.05) is 30.3 Å². The molecule has 4 heteroatoms. The maximum Gasteiger partial charge on any atom is 0.410 e. The Morgan fingerprint density at radius 3 is 2.84 bits per heavy atom. The number of aliphatic hydroxyl groups excluding tert-OH is 1. The zero-order valence-electron chi connectivity index (χ0n) is 11.3. The number of rotatable bonds is 3. The summed E-state index contributed by atoms with van der Waals surface area (Å²) >= 11 is 0. The van der Waals surface area contributed by atoms with Gasteiger partial charge in [0.25, 0.3) is 0 Å². The highest BCUT2D eigenvalue weighted by Crippen LogP contribution is 2.23. The third-order valence-electron chi connectivity index (χ3n) is 3.81. The Morgan fingerprint density at radius 2 is 2.16 bits per heavy atom. The summed E-state index contributed by atoms with van der Waals surface area (Å²) in [6, 6.07) is 9.65. The Balaban J connectivity index is 1.83. The Labute approximate surface area is 114 Å². The van der Waals surface area contributed by atoms with Gasteiger partial charge in [0.15, 0.2) is 0 Å². The minimum Gasteiger partial charge on any atom is -0.445 e. The van der Waals surface area contributed by atoms with Gasteiger partial charge in [-0.3, -0.25) is 0 Å². The lowest BCUT2D eigenvalue weighted by atomic mass is 9.88. The second-order valence-corrected chi connectivity index (χ2v) is 5.19. The number of hydrogen-bond acceptors (Lipinski definition) is 3. The van der Waals surface area contributed by atoms with Gasteiger partial charge in [0.05, 0.1) is 0 Å². The van der Waals surface area contributed by atoms with E-state index in [2.05, 4.69) is 6.92 Å². The van der Waals surface area contributed by atoms with E-state index in [0.29, 0.717) is 25.6 Å². The van der Waals surface area contributed by atoms with Crippen LogP contribution in [-0.2, 0) is 11.3 Å². The molecular weight excluding hydrogens is 242 g/mol. The van der Waals surface area contributed by atoms with Crippen LogP contribution < -0.4 is 0 Å². The summed E-state index contributed by atoms with van der Waals surface area (Å²) in [4.78, 5) is 13.7. The lowest BCUT2D eigenvalue weighted by Crippen LogP contribution is -2.44. The summed E-state index contributed by atoms with van der Waals surface area (Å²) in [7, 11) is 0. The summed E-state index contributed by atoms with van der Waals surface area (Å²) in [6.07, 6.45) is 0.639. The second-order valence-electron chi connectivity index (χ2n) is 5.19. The van der Waals surface area contributed by atoms with Gasteiger partial charge in [-0.05, 0) is 17.9 Å². The number of hydrogen-bond donors (Lipinski definition) is 1. The largest absolute Gasteiger partial charge is 0.445 e. The van der Waals surface area contributed by atoms with Crippen LogP contribution in [0.1, 0.15) is 18.9 Å². The maximum atomic E-state index is 12.0. The highest BCUT2D eigenvalue weighted by molar-refractivity contribution is 5.67. The predicted molar refractivity (Wildman–Crippen MR) is 72.6 cm³/mol. The molecule has 0 bridgehead atoms. The number of ether oxygens (including phenoxy) is 1. The SMILES string of the molecule is C[C@H]1CCN(C(=O)OCc2ccccc2)C[C@@H]1CO. The monoisotopic (exact) mass is 263 g/mol. The fraction of sp³-hybridized carbons (Fsp3) is 0.533. The molecule has 0 saturated carbocycles. The van der Waals surface area contributed by atoms with Crippen molar-refractivity contribution in [1.29, 1.82) is 0 Å². The molecule has 0 radical (unpaired) electrons. The summed E-state index contributed by atoms with van der Waals surface area (Å²) in [6.45, 7) is 3.85. The highest BCUT2D eigenvalue weighted by atomic mass is 16.6. The van der Waals surface area contributed by atoms with E-state index < -0.39 is 0 Å². The molecule has 0 aromatic heterocycles. The van der Waals surface area contributed by atoms with Crippen molar-refractivity contribution in [3.05, 3.63) is 35.9 Å². The van der Waals surface area contributed by atoms with Crippen molar-refractivity contribution in [2.45, 2.75) is 20.0 Å². The lowest BCUT2D eigenvalue weighted by molar-refractivity contribution is 0.0510. The zero-order chi connectivity index (χ0) is 13.7. The van der Waals surface area contributed by atoms with Crippen LogP contribution in [0.2, 0.25) is 0 Å². The second kappa shape index (κ2) is 6.57. The third kappa shape index (κ3) is 3.70. The Kier molecular flexibility index (Phi) is 4.80. The summed E-state index contributed by atoms with van der Waals surface area (Å²) in [5.41, 5.74) is 0.986. The summed E-state index contributed by atoms with van der Waals surface area (Å²) in [5.74, 6) is 0.626. The van der Waals surface area contributed by atoms with Crippen molar-refractivity contribution in [3.8, 4) is 0 Å². The number of carbonyl (C=O) groups is 1. The van der Waals surface area contributed by atoms with E-state index in [9.17, 15) is 9.90 Å². The van der Waals surface area contributed by atoms with Crippen LogP contribution in [0.15, 0.2) is 30.3 Å². The summed E-state index contributed by atoms with van der Waals surface area (Å²) < 4.78 is 5.30. The molecule has 0 unspecified atom stereocenters. The van der Waals surface area contributed by atoms with Gasteiger partial charge in [-0.15, -0.1) is 0 Å². The number of benzene rings is 1. The molecule has 1 fully saturated rings. The molecule has 2 rings (SSSR count). The predicted octanol–water partition coefficient (Wildman–Crippen LogP) is 2.27. The minimum absolute atomic E-state index is 0.129. The number of carbonyl (C=O) groups excluding carboxylic acids is 1. The zero-order valence-corrected chi connectivity index (χ0v) is 11.3. The lowest BCUT2D eigenvalue weighted by Gasteiger charge is -2.35. The molecule has 0 aliphatic carbocycles. The molecule has 1 heterocycles. The fourth-order valence-electron chi connectivity index (χ4n) is 2.36. The molecule has 1 aromatic rings. The number of nitrogens with zero attached hydrogens (tertiary/aromatic N) is 1. The van der Waals surface area contributed by atoms with Crippen LogP contribution in [0.3, 0.4) is 0 Å². The van der Waals surface area contributed by atoms with Gasteiger partial charge in [-0.2, -0.15) is 0 Å². The first kappa shape index (κ1) is 13.9. The van der Waals surface area contributed by atoms with Crippen molar-refractivity contribution in [2.24, 2.45) is 11.8 Å². The number of amides is 1. The van der Waals surface area contributed by atoms with E-state index in [4.69, 9.17) is 4.74 Å². The van der Waals surface area contributed by atoms with E-state index in [1.165, 1.54) is 0 Å². The Bertz CT molecular complexity index is 407. The molecule has 2 atom stereocenters. The molecular formula is C15H21NO3. The Hall–Kier alpha value is -1.55. The van der Waals surface area contributed by atoms with Crippen LogP contribution in [0.4, 0.5) is 4.79 Å². The Morgan fingerprint density at radius 1 is 1.42 bits per heavy atom. The van der Waals surface area contributed by atoms with E-state index in [-0.39, 0.29) is 18.6 Å². The first-order valence-corrected chi connectivity index (χ1v) is 6.77. The van der Waals surface area contributed by atoms with Crippen molar-refractivity contribution >= 4 is 6.09 Å². The first-order valence-electron chi connectivity index (χ1n) is 6.77. The van der Waals surface area contributed by atoms with Gasteiger partial charge in [0.2, 0.25) is 0 Å². The normalized spacial score (nSPS) is 23.2. The van der Waals surface area contributed by atoms with E-state index in [1.54, 1.807) is 4.90 Å². The third-order valence-corrected chi connectivity index (χ3v) is 3.81. The van der Waals surface area contributed by atoms with Gasteiger partial charge in [-0.25, -0.2) is 4.79 Å². The molecule has 0 spiro atoms. The van der Waals surface area contributed by atoms with Crippen molar-refractivity contribution in [2.75, 3.05) is 19.7 Å².